The van der Waals surface area contributed by atoms with Gasteiger partial charge < -0.3 is 9.32 Å². The quantitative estimate of drug-likeness (QED) is 0.159. The Labute approximate surface area is 385 Å². The van der Waals surface area contributed by atoms with E-state index in [-0.39, 0.29) is 5.41 Å². The lowest BCUT2D eigenvalue weighted by Crippen LogP contribution is -2.28. The number of anilines is 3. The minimum absolute atomic E-state index is 0.234. The minimum atomic E-state index is -0.454. The van der Waals surface area contributed by atoms with Gasteiger partial charge in [-0.3, -0.25) is 0 Å². The highest BCUT2D eigenvalue weighted by molar-refractivity contribution is 6.12. The molecule has 66 heavy (non-hydrogen) atoms. The zero-order valence-electron chi connectivity index (χ0n) is 36.9. The highest BCUT2D eigenvalue weighted by Gasteiger charge is 2.46. The Kier molecular flexibility index (Phi) is 8.51. The lowest BCUT2D eigenvalue weighted by atomic mass is 9.67. The highest BCUT2D eigenvalue weighted by Crippen LogP contribution is 2.57. The molecule has 1 aromatic heterocycles. The van der Waals surface area contributed by atoms with Gasteiger partial charge in [0, 0.05) is 38.8 Å². The van der Waals surface area contributed by atoms with Crippen LogP contribution in [0.3, 0.4) is 0 Å². The fourth-order valence-electron chi connectivity index (χ4n) is 11.4. The zero-order chi connectivity index (χ0) is 44.0. The molecule has 0 fully saturated rings. The van der Waals surface area contributed by atoms with Gasteiger partial charge >= 0.3 is 0 Å². The normalized spacial score (nSPS) is 13.8. The van der Waals surface area contributed by atoms with Crippen LogP contribution in [0.2, 0.25) is 0 Å². The second-order valence-electron chi connectivity index (χ2n) is 18.4. The van der Waals surface area contributed by atoms with Crippen LogP contribution in [0.5, 0.6) is 0 Å². The third-order valence-corrected chi connectivity index (χ3v) is 14.6. The van der Waals surface area contributed by atoms with Crippen LogP contribution in [0.4, 0.5) is 17.1 Å². The van der Waals surface area contributed by atoms with E-state index in [1.54, 1.807) is 0 Å². The summed E-state index contributed by atoms with van der Waals surface area (Å²) in [6, 6.07) is 86.9. The average molecular weight is 844 g/mol. The predicted octanol–water partition coefficient (Wildman–Crippen LogP) is 17.1. The molecule has 0 amide bonds. The highest BCUT2D eigenvalue weighted by atomic mass is 16.3. The summed E-state index contributed by atoms with van der Waals surface area (Å²) in [4.78, 5) is 2.41. The van der Waals surface area contributed by atoms with Crippen molar-refractivity contribution in [3.63, 3.8) is 0 Å². The van der Waals surface area contributed by atoms with Gasteiger partial charge in [-0.05, 0) is 121 Å². The first kappa shape index (κ1) is 38.3. The first-order chi connectivity index (χ1) is 32.5. The van der Waals surface area contributed by atoms with Crippen LogP contribution in [0.1, 0.15) is 47.2 Å². The number of hydrogen-bond acceptors (Lipinski definition) is 2. The number of fused-ring (bicyclic) bond motifs is 10. The maximum absolute atomic E-state index is 6.64. The molecule has 1 heterocycles. The molecule has 312 valence electrons. The van der Waals surface area contributed by atoms with Crippen molar-refractivity contribution < 1.29 is 4.42 Å². The summed E-state index contributed by atoms with van der Waals surface area (Å²) in [5.74, 6) is 0. The molecule has 0 N–H and O–H groups in total. The van der Waals surface area contributed by atoms with Gasteiger partial charge in [-0.1, -0.05) is 202 Å². The van der Waals surface area contributed by atoms with Crippen LogP contribution in [-0.4, -0.2) is 0 Å². The van der Waals surface area contributed by atoms with Crippen LogP contribution in [0.15, 0.2) is 241 Å². The van der Waals surface area contributed by atoms with E-state index in [9.17, 15) is 0 Å². The summed E-state index contributed by atoms with van der Waals surface area (Å²) >= 11 is 0. The van der Waals surface area contributed by atoms with E-state index >= 15 is 0 Å². The van der Waals surface area contributed by atoms with Crippen molar-refractivity contribution in [3.05, 3.63) is 270 Å². The zero-order valence-corrected chi connectivity index (χ0v) is 36.9. The van der Waals surface area contributed by atoms with Gasteiger partial charge in [-0.25, -0.2) is 0 Å². The molecule has 0 atom stereocenters. The third kappa shape index (κ3) is 5.61. The van der Waals surface area contributed by atoms with Gasteiger partial charge in [0.15, 0.2) is 0 Å². The average Bonchev–Trinajstić information content (AvgIpc) is 3.99. The van der Waals surface area contributed by atoms with Crippen LogP contribution < -0.4 is 4.90 Å². The molecule has 2 heteroatoms. The van der Waals surface area contributed by atoms with Gasteiger partial charge in [-0.15, -0.1) is 0 Å². The van der Waals surface area contributed by atoms with E-state index < -0.39 is 5.41 Å². The van der Waals surface area contributed by atoms with E-state index in [1.165, 1.54) is 77.9 Å². The summed E-state index contributed by atoms with van der Waals surface area (Å²) in [6.45, 7) is 4.70. The number of para-hydroxylation sites is 1. The van der Waals surface area contributed by atoms with Crippen molar-refractivity contribution >= 4 is 39.0 Å². The molecule has 2 nitrogen and oxygen atoms in total. The molecule has 0 saturated heterocycles. The van der Waals surface area contributed by atoms with Crippen molar-refractivity contribution in [2.75, 3.05) is 4.90 Å². The summed E-state index contributed by atoms with van der Waals surface area (Å²) in [5.41, 5.74) is 22.1. The SMILES string of the molecule is CC1(C)c2cc(N(c3ccc(-c4ccccc4)cc3)c3ccc(-c4ccc5c(c4)C(c4ccccc4)(c4ccccc4)c4ccccc4-5)cc3)ccc2-c2c1ccc1c2oc2ccccc21. The second kappa shape index (κ2) is 14.7. The number of rotatable bonds is 7. The summed E-state index contributed by atoms with van der Waals surface area (Å²) in [5, 5.41) is 2.32. The molecule has 2 aliphatic rings. The Balaban J connectivity index is 0.940. The largest absolute Gasteiger partial charge is 0.455 e. The van der Waals surface area contributed by atoms with E-state index in [0.29, 0.717) is 0 Å². The maximum Gasteiger partial charge on any atom is 0.143 e. The standard InChI is InChI=1S/C64H45NO/c1-63(2)57-39-38-54-53-23-13-15-25-60(53)66-62(54)61(57)55-37-35-50(41-58(55)63)65(48-31-26-43(27-32-48)42-16-6-3-7-17-42)49-33-28-44(29-34-49)45-30-36-52-51-22-12-14-24-56(51)64(59(52)40-45,46-18-8-4-9-19-46)47-20-10-5-11-21-47/h3-41H,1-2H3. The number of nitrogens with zero attached hydrogens (tertiary/aromatic N) is 1. The summed E-state index contributed by atoms with van der Waals surface area (Å²) in [6.07, 6.45) is 0. The molecule has 0 radical (unpaired) electrons. The van der Waals surface area contributed by atoms with Crippen molar-refractivity contribution in [1.29, 1.82) is 0 Å². The predicted molar refractivity (Wildman–Crippen MR) is 274 cm³/mol. The number of hydrogen-bond donors (Lipinski definition) is 0. The molecule has 0 spiro atoms. The molecule has 10 aromatic carbocycles. The molecule has 0 saturated carbocycles. The van der Waals surface area contributed by atoms with Crippen molar-refractivity contribution in [2.45, 2.75) is 24.7 Å². The molecule has 0 aliphatic heterocycles. The monoisotopic (exact) mass is 843 g/mol. The fourth-order valence-corrected chi connectivity index (χ4v) is 11.4. The van der Waals surface area contributed by atoms with E-state index in [1.807, 2.05) is 0 Å². The molecular formula is C64H45NO. The van der Waals surface area contributed by atoms with Gasteiger partial charge in [0.1, 0.15) is 11.2 Å². The van der Waals surface area contributed by atoms with Crippen LogP contribution in [0, 0.1) is 0 Å². The number of furan rings is 1. The van der Waals surface area contributed by atoms with E-state index in [4.69, 9.17) is 4.42 Å². The fraction of sp³-hybridized carbons (Fsp3) is 0.0625. The smallest absolute Gasteiger partial charge is 0.143 e. The first-order valence-corrected chi connectivity index (χ1v) is 23.0. The number of benzene rings is 10. The molecule has 11 aromatic rings. The Morgan fingerprint density at radius 2 is 0.879 bits per heavy atom. The van der Waals surface area contributed by atoms with E-state index in [2.05, 4.69) is 255 Å². The topological polar surface area (TPSA) is 16.4 Å². The summed E-state index contributed by atoms with van der Waals surface area (Å²) in [7, 11) is 0. The van der Waals surface area contributed by atoms with Crippen LogP contribution in [-0.2, 0) is 10.8 Å². The van der Waals surface area contributed by atoms with Gasteiger partial charge in [0.25, 0.3) is 0 Å². The Morgan fingerprint density at radius 1 is 0.348 bits per heavy atom. The molecule has 0 unspecified atom stereocenters. The van der Waals surface area contributed by atoms with Gasteiger partial charge in [0.2, 0.25) is 0 Å². The minimum Gasteiger partial charge on any atom is -0.455 e. The van der Waals surface area contributed by atoms with Crippen molar-refractivity contribution in [3.8, 4) is 44.5 Å². The Morgan fingerprint density at radius 3 is 1.58 bits per heavy atom. The van der Waals surface area contributed by atoms with Crippen molar-refractivity contribution in [1.82, 2.24) is 0 Å². The second-order valence-corrected chi connectivity index (χ2v) is 18.4. The third-order valence-electron chi connectivity index (χ3n) is 14.6. The Hall–Kier alpha value is -8.20. The lowest BCUT2D eigenvalue weighted by Gasteiger charge is -2.34. The molecule has 2 aliphatic carbocycles. The lowest BCUT2D eigenvalue weighted by molar-refractivity contribution is 0.653. The van der Waals surface area contributed by atoms with Gasteiger partial charge in [0.05, 0.1) is 5.41 Å². The molecule has 0 bridgehead atoms. The summed E-state index contributed by atoms with van der Waals surface area (Å²) < 4.78 is 6.64. The van der Waals surface area contributed by atoms with Crippen LogP contribution in [0.25, 0.3) is 66.4 Å². The first-order valence-electron chi connectivity index (χ1n) is 23.0. The molecular weight excluding hydrogens is 799 g/mol. The Bertz CT molecular complexity index is 3600. The van der Waals surface area contributed by atoms with Crippen LogP contribution >= 0.6 is 0 Å². The van der Waals surface area contributed by atoms with Crippen molar-refractivity contribution in [2.24, 2.45) is 0 Å². The molecule has 13 rings (SSSR count). The van der Waals surface area contributed by atoms with E-state index in [0.717, 1.165) is 39.0 Å². The van der Waals surface area contributed by atoms with Gasteiger partial charge in [-0.2, -0.15) is 0 Å². The maximum atomic E-state index is 6.64.